The molecule has 1 aromatic heterocycles. The Kier molecular flexibility index (Phi) is 6.09. The lowest BCUT2D eigenvalue weighted by atomic mass is 9.87. The molecule has 1 heterocycles. The lowest BCUT2D eigenvalue weighted by Gasteiger charge is -2.22. The average Bonchev–Trinajstić information content (AvgIpc) is 3.08. The van der Waals surface area contributed by atoms with Crippen LogP contribution in [0.5, 0.6) is 11.5 Å². The third-order valence-corrected chi connectivity index (χ3v) is 4.90. The normalized spacial score (nSPS) is 11.8. The number of amides is 1. The Bertz CT molecular complexity index is 996. The van der Waals surface area contributed by atoms with Gasteiger partial charge in [0.05, 0.1) is 20.1 Å². The molecule has 0 saturated heterocycles. The van der Waals surface area contributed by atoms with Crippen molar-refractivity contribution in [2.24, 2.45) is 0 Å². The third kappa shape index (κ3) is 4.22. The Balaban J connectivity index is 2.27. The molecule has 0 aliphatic carbocycles. The van der Waals surface area contributed by atoms with Crippen LogP contribution in [0.25, 0.3) is 0 Å². The summed E-state index contributed by atoms with van der Waals surface area (Å²) >= 11 is 3.55. The molecule has 0 radical (unpaired) electrons. The van der Waals surface area contributed by atoms with Gasteiger partial charge in [-0.3, -0.25) is 4.79 Å². The number of ether oxygens (including phenoxy) is 2. The molecule has 3 aromatic rings. The zero-order valence-electron chi connectivity index (χ0n) is 16.2. The van der Waals surface area contributed by atoms with E-state index in [-0.39, 0.29) is 11.8 Å². The molecule has 3 rings (SSSR count). The van der Waals surface area contributed by atoms with E-state index in [1.54, 1.807) is 20.3 Å². The summed E-state index contributed by atoms with van der Waals surface area (Å²) in [5.74, 6) is 2.30. The Hall–Kier alpha value is -2.73. The van der Waals surface area contributed by atoms with Crippen LogP contribution in [0, 0.1) is 6.92 Å². The zero-order chi connectivity index (χ0) is 20.3. The molecule has 1 N–H and O–H groups in total. The fourth-order valence-electron chi connectivity index (χ4n) is 3.22. The lowest BCUT2D eigenvalue weighted by molar-refractivity contribution is -0.114. The van der Waals surface area contributed by atoms with Crippen LogP contribution in [0.15, 0.2) is 57.4 Å². The van der Waals surface area contributed by atoms with Gasteiger partial charge >= 0.3 is 0 Å². The summed E-state index contributed by atoms with van der Waals surface area (Å²) in [4.78, 5) is 11.9. The highest BCUT2D eigenvalue weighted by Crippen LogP contribution is 2.42. The largest absolute Gasteiger partial charge is 0.493 e. The van der Waals surface area contributed by atoms with E-state index in [4.69, 9.17) is 13.9 Å². The summed E-state index contributed by atoms with van der Waals surface area (Å²) in [6.45, 7) is 3.39. The molecule has 2 aromatic carbocycles. The SMILES string of the molecule is COc1cc(NC(C)=O)c([C@@H](c2cccc(Br)c2)c2ccc(C)o2)cc1OC. The number of halogens is 1. The standard InChI is InChI=1S/C22H22BrNO4/c1-13-8-9-19(28-13)22(15-6-5-7-16(23)10-15)17-11-20(26-3)21(27-4)12-18(17)24-14(2)25/h5-12,22H,1-4H3,(H,24,25)/t22-/m1/s1. The van der Waals surface area contributed by atoms with Crippen LogP contribution in [-0.2, 0) is 4.79 Å². The van der Waals surface area contributed by atoms with Crippen LogP contribution >= 0.6 is 15.9 Å². The summed E-state index contributed by atoms with van der Waals surface area (Å²) in [5.41, 5.74) is 2.51. The van der Waals surface area contributed by atoms with Crippen LogP contribution in [0.3, 0.4) is 0 Å². The molecule has 0 spiro atoms. The predicted molar refractivity (Wildman–Crippen MR) is 112 cm³/mol. The molecule has 28 heavy (non-hydrogen) atoms. The van der Waals surface area contributed by atoms with Gasteiger partial charge in [-0.05, 0) is 48.4 Å². The van der Waals surface area contributed by atoms with E-state index in [9.17, 15) is 4.79 Å². The molecule has 0 fully saturated rings. The maximum atomic E-state index is 11.9. The Morgan fingerprint density at radius 1 is 1.07 bits per heavy atom. The number of carbonyl (C=O) groups excluding carboxylic acids is 1. The van der Waals surface area contributed by atoms with Gasteiger partial charge in [-0.25, -0.2) is 0 Å². The molecular weight excluding hydrogens is 422 g/mol. The average molecular weight is 444 g/mol. The zero-order valence-corrected chi connectivity index (χ0v) is 17.8. The van der Waals surface area contributed by atoms with Crippen molar-refractivity contribution in [2.45, 2.75) is 19.8 Å². The first-order chi connectivity index (χ1) is 13.4. The first kappa shape index (κ1) is 20.0. The van der Waals surface area contributed by atoms with Gasteiger partial charge < -0.3 is 19.2 Å². The van der Waals surface area contributed by atoms with E-state index < -0.39 is 0 Å². The highest BCUT2D eigenvalue weighted by atomic mass is 79.9. The second-order valence-corrected chi connectivity index (χ2v) is 7.33. The van der Waals surface area contributed by atoms with Crippen LogP contribution in [0.2, 0.25) is 0 Å². The number of benzene rings is 2. The number of hydrogen-bond donors (Lipinski definition) is 1. The second kappa shape index (κ2) is 8.52. The van der Waals surface area contributed by atoms with E-state index >= 15 is 0 Å². The van der Waals surface area contributed by atoms with Crippen molar-refractivity contribution < 1.29 is 18.7 Å². The highest BCUT2D eigenvalue weighted by molar-refractivity contribution is 9.10. The topological polar surface area (TPSA) is 60.7 Å². The molecule has 0 bridgehead atoms. The number of hydrogen-bond acceptors (Lipinski definition) is 4. The van der Waals surface area contributed by atoms with Gasteiger partial charge in [0.2, 0.25) is 5.91 Å². The molecule has 0 aliphatic heterocycles. The van der Waals surface area contributed by atoms with E-state index in [2.05, 4.69) is 21.2 Å². The van der Waals surface area contributed by atoms with Gasteiger partial charge in [0, 0.05) is 23.2 Å². The maximum absolute atomic E-state index is 11.9. The minimum Gasteiger partial charge on any atom is -0.493 e. The van der Waals surface area contributed by atoms with Crippen molar-refractivity contribution in [1.29, 1.82) is 0 Å². The molecule has 0 saturated carbocycles. The van der Waals surface area contributed by atoms with E-state index in [1.165, 1.54) is 6.92 Å². The molecule has 1 amide bonds. The van der Waals surface area contributed by atoms with Crippen molar-refractivity contribution in [2.75, 3.05) is 19.5 Å². The molecule has 0 unspecified atom stereocenters. The highest BCUT2D eigenvalue weighted by Gasteiger charge is 2.26. The number of methoxy groups -OCH3 is 2. The van der Waals surface area contributed by atoms with Gasteiger partial charge in [-0.2, -0.15) is 0 Å². The quantitative estimate of drug-likeness (QED) is 0.545. The van der Waals surface area contributed by atoms with Gasteiger partial charge in [-0.15, -0.1) is 0 Å². The Labute approximate surface area is 172 Å². The minimum absolute atomic E-state index is 0.169. The number of nitrogens with one attached hydrogen (secondary N) is 1. The summed E-state index contributed by atoms with van der Waals surface area (Å²) in [6.07, 6.45) is 0. The first-order valence-corrected chi connectivity index (χ1v) is 9.57. The van der Waals surface area contributed by atoms with Crippen molar-refractivity contribution in [3.05, 3.63) is 75.7 Å². The number of aryl methyl sites for hydroxylation is 1. The third-order valence-electron chi connectivity index (χ3n) is 4.41. The van der Waals surface area contributed by atoms with Gasteiger partial charge in [0.25, 0.3) is 0 Å². The van der Waals surface area contributed by atoms with Crippen molar-refractivity contribution in [1.82, 2.24) is 0 Å². The van der Waals surface area contributed by atoms with Gasteiger partial charge in [0.1, 0.15) is 11.5 Å². The number of rotatable bonds is 6. The predicted octanol–water partition coefficient (Wildman–Crippen LogP) is 5.51. The number of furan rings is 1. The van der Waals surface area contributed by atoms with Crippen LogP contribution < -0.4 is 14.8 Å². The molecule has 1 atom stereocenters. The lowest BCUT2D eigenvalue weighted by Crippen LogP contribution is -2.12. The monoisotopic (exact) mass is 443 g/mol. The molecule has 0 aliphatic rings. The molecule has 6 heteroatoms. The van der Waals surface area contributed by atoms with E-state index in [1.807, 2.05) is 49.4 Å². The smallest absolute Gasteiger partial charge is 0.221 e. The number of carbonyl (C=O) groups is 1. The van der Waals surface area contributed by atoms with Gasteiger partial charge in [0.15, 0.2) is 11.5 Å². The second-order valence-electron chi connectivity index (χ2n) is 6.41. The first-order valence-electron chi connectivity index (χ1n) is 8.78. The summed E-state index contributed by atoms with van der Waals surface area (Å²) in [6, 6.07) is 15.6. The summed E-state index contributed by atoms with van der Waals surface area (Å²) in [7, 11) is 3.15. The van der Waals surface area contributed by atoms with Crippen LogP contribution in [0.1, 0.15) is 35.5 Å². The number of anilines is 1. The molecule has 146 valence electrons. The molecular formula is C22H22BrNO4. The minimum atomic E-state index is -0.243. The maximum Gasteiger partial charge on any atom is 0.221 e. The molecule has 5 nitrogen and oxygen atoms in total. The summed E-state index contributed by atoms with van der Waals surface area (Å²) in [5, 5.41) is 2.91. The fourth-order valence-corrected chi connectivity index (χ4v) is 3.64. The van der Waals surface area contributed by atoms with Crippen molar-refractivity contribution in [3.8, 4) is 11.5 Å². The van der Waals surface area contributed by atoms with E-state index in [0.717, 1.165) is 27.1 Å². The van der Waals surface area contributed by atoms with Crippen LogP contribution in [-0.4, -0.2) is 20.1 Å². The Morgan fingerprint density at radius 3 is 2.36 bits per heavy atom. The van der Waals surface area contributed by atoms with Crippen LogP contribution in [0.4, 0.5) is 5.69 Å². The van der Waals surface area contributed by atoms with Gasteiger partial charge in [-0.1, -0.05) is 28.1 Å². The Morgan fingerprint density at radius 2 is 1.79 bits per heavy atom. The van der Waals surface area contributed by atoms with E-state index in [0.29, 0.717) is 17.2 Å². The fraction of sp³-hybridized carbons (Fsp3) is 0.227. The van der Waals surface area contributed by atoms with Crippen molar-refractivity contribution >= 4 is 27.5 Å². The summed E-state index contributed by atoms with van der Waals surface area (Å²) < 4.78 is 17.9. The van der Waals surface area contributed by atoms with Crippen molar-refractivity contribution in [3.63, 3.8) is 0 Å².